The zero-order valence-electron chi connectivity index (χ0n) is 14.6. The zero-order chi connectivity index (χ0) is 18.7. The molecule has 0 aliphatic carbocycles. The molecule has 26 heavy (non-hydrogen) atoms. The number of amides is 1. The molecule has 3 rings (SSSR count). The summed E-state index contributed by atoms with van der Waals surface area (Å²) in [5.41, 5.74) is 1.36. The Labute approximate surface area is 153 Å². The first-order valence-electron chi connectivity index (χ1n) is 8.59. The third-order valence-electron chi connectivity index (χ3n) is 4.44. The van der Waals surface area contributed by atoms with Gasteiger partial charge < -0.3 is 10.4 Å². The number of carbonyl (C=O) groups is 1. The molecule has 0 aromatic heterocycles. The van der Waals surface area contributed by atoms with Gasteiger partial charge in [0.05, 0.1) is 10.5 Å². The molecule has 138 valence electrons. The van der Waals surface area contributed by atoms with E-state index >= 15 is 0 Å². The highest BCUT2D eigenvalue weighted by molar-refractivity contribution is 7.89. The van der Waals surface area contributed by atoms with Gasteiger partial charge in [-0.2, -0.15) is 4.31 Å². The molecule has 7 heteroatoms. The molecule has 1 aliphatic heterocycles. The minimum absolute atomic E-state index is 0.120. The van der Waals surface area contributed by atoms with Crippen LogP contribution in [0.15, 0.2) is 47.4 Å². The van der Waals surface area contributed by atoms with Crippen molar-refractivity contribution < 1.29 is 18.3 Å². The van der Waals surface area contributed by atoms with Crippen molar-refractivity contribution in [3.05, 3.63) is 53.6 Å². The Hall–Kier alpha value is -2.38. The molecule has 0 bridgehead atoms. The first-order valence-corrected chi connectivity index (χ1v) is 10.0. The number of piperidine rings is 1. The van der Waals surface area contributed by atoms with Gasteiger partial charge in [-0.3, -0.25) is 4.79 Å². The minimum Gasteiger partial charge on any atom is -0.507 e. The Morgan fingerprint density at radius 3 is 2.54 bits per heavy atom. The number of anilines is 1. The fraction of sp³-hybridized carbons (Fsp3) is 0.316. The van der Waals surface area contributed by atoms with E-state index in [2.05, 4.69) is 5.32 Å². The molecule has 0 saturated carbocycles. The van der Waals surface area contributed by atoms with Gasteiger partial charge >= 0.3 is 0 Å². The summed E-state index contributed by atoms with van der Waals surface area (Å²) in [6.07, 6.45) is 2.77. The van der Waals surface area contributed by atoms with Gasteiger partial charge in [0.15, 0.2) is 0 Å². The first kappa shape index (κ1) is 18.4. The average molecular weight is 374 g/mol. The van der Waals surface area contributed by atoms with E-state index in [0.717, 1.165) is 24.8 Å². The number of carbonyl (C=O) groups excluding carboxylic acids is 1. The van der Waals surface area contributed by atoms with Crippen LogP contribution in [0.5, 0.6) is 5.75 Å². The second kappa shape index (κ2) is 7.47. The number of rotatable bonds is 4. The molecule has 0 radical (unpaired) electrons. The lowest BCUT2D eigenvalue weighted by molar-refractivity contribution is 0.102. The van der Waals surface area contributed by atoms with Crippen LogP contribution in [-0.2, 0) is 10.0 Å². The predicted molar refractivity (Wildman–Crippen MR) is 99.8 cm³/mol. The Balaban J connectivity index is 1.83. The number of hydrogen-bond donors (Lipinski definition) is 2. The number of nitrogens with zero attached hydrogens (tertiary/aromatic N) is 1. The van der Waals surface area contributed by atoms with Gasteiger partial charge in [-0.1, -0.05) is 24.1 Å². The van der Waals surface area contributed by atoms with Crippen molar-refractivity contribution >= 4 is 21.6 Å². The van der Waals surface area contributed by atoms with Crippen molar-refractivity contribution in [2.45, 2.75) is 31.1 Å². The Morgan fingerprint density at radius 1 is 1.08 bits per heavy atom. The second-order valence-corrected chi connectivity index (χ2v) is 8.41. The second-order valence-electron chi connectivity index (χ2n) is 6.47. The SMILES string of the molecule is Cc1ccc(O)c(C(=O)Nc2cccc(S(=O)(=O)N3CCCCC3)c2)c1. The van der Waals surface area contributed by atoms with Crippen molar-refractivity contribution in [2.75, 3.05) is 18.4 Å². The third kappa shape index (κ3) is 3.89. The van der Waals surface area contributed by atoms with Gasteiger partial charge in [-0.15, -0.1) is 0 Å². The van der Waals surface area contributed by atoms with Gasteiger partial charge in [0.25, 0.3) is 5.91 Å². The Morgan fingerprint density at radius 2 is 1.81 bits per heavy atom. The number of hydrogen-bond acceptors (Lipinski definition) is 4. The lowest BCUT2D eigenvalue weighted by Gasteiger charge is -2.26. The van der Waals surface area contributed by atoms with Crippen molar-refractivity contribution in [1.82, 2.24) is 4.31 Å². The maximum atomic E-state index is 12.8. The fourth-order valence-corrected chi connectivity index (χ4v) is 4.58. The summed E-state index contributed by atoms with van der Waals surface area (Å²) in [7, 11) is -3.57. The van der Waals surface area contributed by atoms with Crippen LogP contribution in [0.1, 0.15) is 35.2 Å². The predicted octanol–water partition coefficient (Wildman–Crippen LogP) is 3.13. The van der Waals surface area contributed by atoms with Gasteiger partial charge in [-0.25, -0.2) is 8.42 Å². The quantitative estimate of drug-likeness (QED) is 0.861. The number of sulfonamides is 1. The van der Waals surface area contributed by atoms with E-state index in [9.17, 15) is 18.3 Å². The molecule has 0 atom stereocenters. The summed E-state index contributed by atoms with van der Waals surface area (Å²) in [5, 5.41) is 12.5. The molecule has 6 nitrogen and oxygen atoms in total. The number of phenols is 1. The molecular weight excluding hydrogens is 352 g/mol. The van der Waals surface area contributed by atoms with E-state index < -0.39 is 15.9 Å². The number of benzene rings is 2. The highest BCUT2D eigenvalue weighted by atomic mass is 32.2. The Kier molecular flexibility index (Phi) is 5.29. The summed E-state index contributed by atoms with van der Waals surface area (Å²) < 4.78 is 27.0. The normalized spacial score (nSPS) is 15.6. The van der Waals surface area contributed by atoms with Crippen molar-refractivity contribution in [3.63, 3.8) is 0 Å². The van der Waals surface area contributed by atoms with Crippen molar-refractivity contribution in [1.29, 1.82) is 0 Å². The Bertz CT molecular complexity index is 919. The summed E-state index contributed by atoms with van der Waals surface area (Å²) in [5.74, 6) is -0.607. The van der Waals surface area contributed by atoms with Crippen LogP contribution in [0.4, 0.5) is 5.69 Å². The molecule has 1 amide bonds. The number of phenolic OH excluding ortho intramolecular Hbond substituents is 1. The van der Waals surface area contributed by atoms with Gasteiger partial charge in [0, 0.05) is 18.8 Å². The summed E-state index contributed by atoms with van der Waals surface area (Å²) in [6.45, 7) is 2.87. The summed E-state index contributed by atoms with van der Waals surface area (Å²) in [4.78, 5) is 12.6. The summed E-state index contributed by atoms with van der Waals surface area (Å²) >= 11 is 0. The standard InChI is InChI=1S/C19H22N2O4S/c1-14-8-9-18(22)17(12-14)19(23)20-15-6-5-7-16(13-15)26(24,25)21-10-3-2-4-11-21/h5-9,12-13,22H,2-4,10-11H2,1H3,(H,20,23). The number of aryl methyl sites for hydroxylation is 1. The third-order valence-corrected chi connectivity index (χ3v) is 6.34. The molecule has 0 spiro atoms. The zero-order valence-corrected chi connectivity index (χ0v) is 15.4. The molecule has 1 fully saturated rings. The van der Waals surface area contributed by atoms with E-state index in [4.69, 9.17) is 0 Å². The van der Waals surface area contributed by atoms with Gasteiger partial charge in [0.1, 0.15) is 5.75 Å². The van der Waals surface area contributed by atoms with Crippen molar-refractivity contribution in [2.24, 2.45) is 0 Å². The van der Waals surface area contributed by atoms with Gasteiger partial charge in [0.2, 0.25) is 10.0 Å². The summed E-state index contributed by atoms with van der Waals surface area (Å²) in [6, 6.07) is 11.0. The van der Waals surface area contributed by atoms with Crippen molar-refractivity contribution in [3.8, 4) is 5.75 Å². The molecular formula is C19H22N2O4S. The highest BCUT2D eigenvalue weighted by Gasteiger charge is 2.26. The van der Waals surface area contributed by atoms with Crippen LogP contribution in [0.25, 0.3) is 0 Å². The van der Waals surface area contributed by atoms with Crippen LogP contribution < -0.4 is 5.32 Å². The lowest BCUT2D eigenvalue weighted by atomic mass is 10.1. The monoisotopic (exact) mass is 374 g/mol. The molecule has 0 unspecified atom stereocenters. The smallest absolute Gasteiger partial charge is 0.259 e. The molecule has 2 N–H and O–H groups in total. The van der Waals surface area contributed by atoms with Crippen LogP contribution in [-0.4, -0.2) is 36.8 Å². The maximum Gasteiger partial charge on any atom is 0.259 e. The lowest BCUT2D eigenvalue weighted by Crippen LogP contribution is -2.35. The number of aromatic hydroxyl groups is 1. The van der Waals surface area contributed by atoms with E-state index in [-0.39, 0.29) is 16.2 Å². The van der Waals surface area contributed by atoms with E-state index in [1.54, 1.807) is 24.3 Å². The van der Waals surface area contributed by atoms with E-state index in [0.29, 0.717) is 18.8 Å². The minimum atomic E-state index is -3.57. The van der Waals surface area contributed by atoms with E-state index in [1.165, 1.54) is 22.5 Å². The van der Waals surface area contributed by atoms with E-state index in [1.807, 2.05) is 6.92 Å². The number of nitrogens with one attached hydrogen (secondary N) is 1. The topological polar surface area (TPSA) is 86.7 Å². The maximum absolute atomic E-state index is 12.8. The molecule has 2 aromatic rings. The van der Waals surface area contributed by atoms with Crippen LogP contribution in [0, 0.1) is 6.92 Å². The first-order chi connectivity index (χ1) is 12.4. The molecule has 2 aromatic carbocycles. The van der Waals surface area contributed by atoms with Gasteiger partial charge in [-0.05, 0) is 50.1 Å². The van der Waals surface area contributed by atoms with Crippen LogP contribution >= 0.6 is 0 Å². The van der Waals surface area contributed by atoms with Crippen LogP contribution in [0.2, 0.25) is 0 Å². The fourth-order valence-electron chi connectivity index (χ4n) is 3.02. The average Bonchev–Trinajstić information content (AvgIpc) is 2.64. The highest BCUT2D eigenvalue weighted by Crippen LogP contribution is 2.24. The molecule has 1 heterocycles. The molecule has 1 saturated heterocycles. The molecule has 1 aliphatic rings. The largest absolute Gasteiger partial charge is 0.507 e. The van der Waals surface area contributed by atoms with Crippen LogP contribution in [0.3, 0.4) is 0 Å².